The van der Waals surface area contributed by atoms with Crippen LogP contribution in [0.1, 0.15) is 65.7 Å². The number of nitrogens with zero attached hydrogens (tertiary/aromatic N) is 2. The van der Waals surface area contributed by atoms with Crippen molar-refractivity contribution < 1.29 is 13.9 Å². The van der Waals surface area contributed by atoms with E-state index in [9.17, 15) is 4.79 Å². The zero-order chi connectivity index (χ0) is 17.4. The van der Waals surface area contributed by atoms with E-state index >= 15 is 0 Å². The Labute approximate surface area is 145 Å². The lowest BCUT2D eigenvalue weighted by molar-refractivity contribution is 0.0279. The molecule has 0 radical (unpaired) electrons. The van der Waals surface area contributed by atoms with Crippen LogP contribution in [0.25, 0.3) is 10.9 Å². The van der Waals surface area contributed by atoms with Crippen LogP contribution in [0.2, 0.25) is 0 Å². The molecule has 0 spiro atoms. The van der Waals surface area contributed by atoms with Crippen LogP contribution < -0.4 is 0 Å². The fourth-order valence-corrected chi connectivity index (χ4v) is 3.53. The van der Waals surface area contributed by atoms with Crippen LogP contribution in [0.15, 0.2) is 22.6 Å². The van der Waals surface area contributed by atoms with Gasteiger partial charge in [-0.15, -0.1) is 10.2 Å². The second-order valence-electron chi connectivity index (χ2n) is 6.58. The third kappa shape index (κ3) is 2.92. The highest BCUT2D eigenvalue weighted by Crippen LogP contribution is 2.31. The molecule has 1 N–H and O–H groups in total. The van der Waals surface area contributed by atoms with Gasteiger partial charge in [-0.3, -0.25) is 0 Å². The number of carbonyl (C=O) groups excluding carboxylic acids is 1. The van der Waals surface area contributed by atoms with Gasteiger partial charge in [-0.25, -0.2) is 4.79 Å². The third-order valence-corrected chi connectivity index (χ3v) is 4.78. The molecule has 2 heterocycles. The zero-order valence-electron chi connectivity index (χ0n) is 14.5. The average molecular weight is 339 g/mol. The molecule has 1 aromatic carbocycles. The number of benzene rings is 1. The first-order valence-corrected chi connectivity index (χ1v) is 8.77. The lowest BCUT2D eigenvalue weighted by Crippen LogP contribution is -2.10. The molecule has 1 aliphatic carbocycles. The van der Waals surface area contributed by atoms with Gasteiger partial charge in [0.2, 0.25) is 5.89 Å². The fraction of sp³-hybridized carbons (Fsp3) is 0.421. The molecule has 25 heavy (non-hydrogen) atoms. The number of hydrogen-bond acceptors (Lipinski definition) is 5. The second-order valence-corrected chi connectivity index (χ2v) is 6.58. The summed E-state index contributed by atoms with van der Waals surface area (Å²) in [7, 11) is 0. The number of aromatic amines is 1. The normalized spacial score (nSPS) is 15.6. The van der Waals surface area contributed by atoms with E-state index in [0.29, 0.717) is 17.3 Å². The fourth-order valence-electron chi connectivity index (χ4n) is 3.53. The van der Waals surface area contributed by atoms with Gasteiger partial charge >= 0.3 is 5.97 Å². The quantitative estimate of drug-likeness (QED) is 0.575. The first-order valence-electron chi connectivity index (χ1n) is 8.77. The summed E-state index contributed by atoms with van der Waals surface area (Å²) in [5, 5.41) is 8.82. The van der Waals surface area contributed by atoms with E-state index in [-0.39, 0.29) is 5.97 Å². The minimum atomic E-state index is -0.586. The average Bonchev–Trinajstić information content (AvgIpc) is 3.11. The number of nitrogens with one attached hydrogen (secondary N) is 1. The number of para-hydroxylation sites is 1. The van der Waals surface area contributed by atoms with E-state index in [2.05, 4.69) is 21.2 Å². The standard InChI is InChI=1S/C19H21N3O3/c1-11(18-22-21-12(2)25-18)24-19(23)15-9-6-8-14-13-7-4-3-5-10-16(13)20-17(14)15/h6,8-9,11,20H,3-5,7,10H2,1-2H3. The van der Waals surface area contributed by atoms with E-state index in [0.717, 1.165) is 23.7 Å². The summed E-state index contributed by atoms with van der Waals surface area (Å²) in [4.78, 5) is 16.2. The molecule has 2 aromatic heterocycles. The van der Waals surface area contributed by atoms with E-state index in [1.165, 1.54) is 30.5 Å². The first kappa shape index (κ1) is 15.9. The van der Waals surface area contributed by atoms with Gasteiger partial charge in [0.15, 0.2) is 6.10 Å². The summed E-state index contributed by atoms with van der Waals surface area (Å²) in [5.41, 5.74) is 4.03. The van der Waals surface area contributed by atoms with E-state index in [1.54, 1.807) is 19.9 Å². The topological polar surface area (TPSA) is 81.0 Å². The molecule has 1 unspecified atom stereocenters. The highest BCUT2D eigenvalue weighted by molar-refractivity contribution is 6.04. The van der Waals surface area contributed by atoms with Crippen molar-refractivity contribution >= 4 is 16.9 Å². The molecule has 0 bridgehead atoms. The van der Waals surface area contributed by atoms with Gasteiger partial charge in [0, 0.05) is 18.0 Å². The SMILES string of the molecule is Cc1nnc(C(C)OC(=O)c2cccc3c4c([nH]c23)CCCCC4)o1. The Hall–Kier alpha value is -2.63. The Morgan fingerprint density at radius 2 is 2.08 bits per heavy atom. The number of aryl methyl sites for hydroxylation is 3. The van der Waals surface area contributed by atoms with Crippen molar-refractivity contribution in [2.45, 2.75) is 52.1 Å². The molecule has 0 saturated heterocycles. The van der Waals surface area contributed by atoms with Crippen molar-refractivity contribution in [3.8, 4) is 0 Å². The molecular formula is C19H21N3O3. The highest BCUT2D eigenvalue weighted by Gasteiger charge is 2.22. The van der Waals surface area contributed by atoms with Gasteiger partial charge in [-0.05, 0) is 44.2 Å². The number of ether oxygens (including phenoxy) is 1. The molecule has 0 amide bonds. The second kappa shape index (κ2) is 6.35. The van der Waals surface area contributed by atoms with Crippen molar-refractivity contribution in [3.63, 3.8) is 0 Å². The Kier molecular flexibility index (Phi) is 4.03. The summed E-state index contributed by atoms with van der Waals surface area (Å²) in [5.74, 6) is 0.374. The number of aromatic nitrogens is 3. The predicted molar refractivity (Wildman–Crippen MR) is 92.4 cm³/mol. The van der Waals surface area contributed by atoms with Crippen LogP contribution in [0.5, 0.6) is 0 Å². The van der Waals surface area contributed by atoms with Gasteiger partial charge in [0.05, 0.1) is 11.1 Å². The highest BCUT2D eigenvalue weighted by atomic mass is 16.6. The van der Waals surface area contributed by atoms with Crippen molar-refractivity contribution in [3.05, 3.63) is 46.8 Å². The van der Waals surface area contributed by atoms with Gasteiger partial charge < -0.3 is 14.1 Å². The lowest BCUT2D eigenvalue weighted by Gasteiger charge is -2.10. The maximum Gasteiger partial charge on any atom is 0.341 e. The van der Waals surface area contributed by atoms with Crippen LogP contribution in [0, 0.1) is 6.92 Å². The van der Waals surface area contributed by atoms with Gasteiger partial charge in [0.1, 0.15) is 0 Å². The van der Waals surface area contributed by atoms with E-state index < -0.39 is 6.10 Å². The molecular weight excluding hydrogens is 318 g/mol. The van der Waals surface area contributed by atoms with Crippen LogP contribution >= 0.6 is 0 Å². The van der Waals surface area contributed by atoms with Crippen molar-refractivity contribution in [2.75, 3.05) is 0 Å². The molecule has 1 aliphatic rings. The Bertz CT molecular complexity index is 925. The summed E-state index contributed by atoms with van der Waals surface area (Å²) in [6.07, 6.45) is 5.15. The molecule has 3 aromatic rings. The molecule has 6 nitrogen and oxygen atoms in total. The smallest absolute Gasteiger partial charge is 0.341 e. The lowest BCUT2D eigenvalue weighted by atomic mass is 10.0. The first-order chi connectivity index (χ1) is 12.1. The summed E-state index contributed by atoms with van der Waals surface area (Å²) < 4.78 is 10.9. The maximum absolute atomic E-state index is 12.7. The number of esters is 1. The summed E-state index contributed by atoms with van der Waals surface area (Å²) in [6, 6.07) is 5.79. The number of carbonyl (C=O) groups is 1. The van der Waals surface area contributed by atoms with Crippen LogP contribution in [0.3, 0.4) is 0 Å². The van der Waals surface area contributed by atoms with Gasteiger partial charge in [0.25, 0.3) is 5.89 Å². The van der Waals surface area contributed by atoms with Crippen molar-refractivity contribution in [1.82, 2.24) is 15.2 Å². The van der Waals surface area contributed by atoms with Crippen molar-refractivity contribution in [1.29, 1.82) is 0 Å². The molecule has 130 valence electrons. The molecule has 0 aliphatic heterocycles. The predicted octanol–water partition coefficient (Wildman–Crippen LogP) is 4.05. The van der Waals surface area contributed by atoms with E-state index in [4.69, 9.17) is 9.15 Å². The number of hydrogen-bond donors (Lipinski definition) is 1. The number of H-pyrrole nitrogens is 1. The number of fused-ring (bicyclic) bond motifs is 3. The van der Waals surface area contributed by atoms with Gasteiger partial charge in [-0.2, -0.15) is 0 Å². The van der Waals surface area contributed by atoms with E-state index in [1.807, 2.05) is 6.07 Å². The number of rotatable bonds is 3. The minimum absolute atomic E-state index is 0.306. The largest absolute Gasteiger partial charge is 0.449 e. The minimum Gasteiger partial charge on any atom is -0.449 e. The van der Waals surface area contributed by atoms with Crippen molar-refractivity contribution in [2.24, 2.45) is 0 Å². The Morgan fingerprint density at radius 3 is 2.88 bits per heavy atom. The molecule has 0 fully saturated rings. The summed E-state index contributed by atoms with van der Waals surface area (Å²) in [6.45, 7) is 3.44. The van der Waals surface area contributed by atoms with Crippen LogP contribution in [-0.4, -0.2) is 21.2 Å². The zero-order valence-corrected chi connectivity index (χ0v) is 14.5. The monoisotopic (exact) mass is 339 g/mol. The third-order valence-electron chi connectivity index (χ3n) is 4.78. The molecule has 0 saturated carbocycles. The van der Waals surface area contributed by atoms with Gasteiger partial charge in [-0.1, -0.05) is 18.6 Å². The molecule has 1 atom stereocenters. The molecule has 6 heteroatoms. The summed E-state index contributed by atoms with van der Waals surface area (Å²) >= 11 is 0. The van der Waals surface area contributed by atoms with Crippen LogP contribution in [0.4, 0.5) is 0 Å². The Balaban J connectivity index is 1.65. The van der Waals surface area contributed by atoms with Crippen LogP contribution in [-0.2, 0) is 17.6 Å². The Morgan fingerprint density at radius 1 is 1.24 bits per heavy atom. The molecule has 4 rings (SSSR count). The maximum atomic E-state index is 12.7.